The molecule has 0 saturated carbocycles. The van der Waals surface area contributed by atoms with Crippen LogP contribution in [0.25, 0.3) is 0 Å². The summed E-state index contributed by atoms with van der Waals surface area (Å²) in [6.45, 7) is 0.197. The summed E-state index contributed by atoms with van der Waals surface area (Å²) in [5, 5.41) is 18.7. The van der Waals surface area contributed by atoms with Crippen LogP contribution in [0, 0.1) is 17.1 Å². The number of aliphatic hydroxyl groups is 1. The number of carbonyl (C=O) groups is 1. The summed E-state index contributed by atoms with van der Waals surface area (Å²) in [5.74, 6) is -0.667. The number of carbonyl (C=O) groups excluding carboxylic acids is 1. The molecule has 1 aliphatic heterocycles. The first-order valence-electron chi connectivity index (χ1n) is 7.19. The van der Waals surface area contributed by atoms with Crippen molar-refractivity contribution in [2.24, 2.45) is 0 Å². The highest BCUT2D eigenvalue weighted by molar-refractivity contribution is 5.92. The summed E-state index contributed by atoms with van der Waals surface area (Å²) in [4.78, 5) is 18.2. The van der Waals surface area contributed by atoms with Crippen LogP contribution < -0.4 is 0 Å². The van der Waals surface area contributed by atoms with E-state index in [-0.39, 0.29) is 30.0 Å². The third kappa shape index (κ3) is 3.05. The largest absolute Gasteiger partial charge is 0.391 e. The highest BCUT2D eigenvalue weighted by Gasteiger charge is 2.36. The molecular formula is C17H14FN3O2. The molecule has 116 valence electrons. The second-order valence-electron chi connectivity index (χ2n) is 5.46. The standard InChI is InChI=1S/C17H14FN3O2/c18-13-4-2-12(3-5-13)16-7-14(22)10-21(16)17(23)15-6-1-11(8-19)9-20-15/h1-6,9,14,16,22H,7,10H2/t14-,16-/m1/s1. The smallest absolute Gasteiger partial charge is 0.273 e. The number of amides is 1. The van der Waals surface area contributed by atoms with Crippen molar-refractivity contribution in [3.8, 4) is 6.07 Å². The van der Waals surface area contributed by atoms with Crippen LogP contribution in [0.3, 0.4) is 0 Å². The Kier molecular flexibility index (Phi) is 4.04. The lowest BCUT2D eigenvalue weighted by atomic mass is 10.0. The predicted octanol–water partition coefficient (Wildman–Crippen LogP) is 2.04. The van der Waals surface area contributed by atoms with Gasteiger partial charge in [-0.3, -0.25) is 4.79 Å². The average Bonchev–Trinajstić information content (AvgIpc) is 2.97. The molecule has 2 heterocycles. The topological polar surface area (TPSA) is 77.2 Å². The van der Waals surface area contributed by atoms with Crippen molar-refractivity contribution in [1.82, 2.24) is 9.88 Å². The van der Waals surface area contributed by atoms with E-state index in [0.29, 0.717) is 12.0 Å². The second-order valence-corrected chi connectivity index (χ2v) is 5.46. The van der Waals surface area contributed by atoms with E-state index in [1.165, 1.54) is 35.4 Å². The van der Waals surface area contributed by atoms with Gasteiger partial charge in [0.05, 0.1) is 17.7 Å². The van der Waals surface area contributed by atoms with Crippen LogP contribution in [0.5, 0.6) is 0 Å². The first kappa shape index (κ1) is 15.1. The second kappa shape index (κ2) is 6.15. The highest BCUT2D eigenvalue weighted by Crippen LogP contribution is 2.33. The number of benzene rings is 1. The Labute approximate surface area is 132 Å². The first-order valence-corrected chi connectivity index (χ1v) is 7.19. The van der Waals surface area contributed by atoms with E-state index >= 15 is 0 Å². The zero-order valence-electron chi connectivity index (χ0n) is 12.2. The van der Waals surface area contributed by atoms with Crippen LogP contribution in [0.4, 0.5) is 4.39 Å². The van der Waals surface area contributed by atoms with Crippen LogP contribution in [-0.4, -0.2) is 33.5 Å². The molecule has 2 atom stereocenters. The molecule has 0 radical (unpaired) electrons. The lowest BCUT2D eigenvalue weighted by molar-refractivity contribution is 0.0710. The Morgan fingerprint density at radius 2 is 2.04 bits per heavy atom. The minimum atomic E-state index is -0.632. The zero-order valence-corrected chi connectivity index (χ0v) is 12.2. The van der Waals surface area contributed by atoms with Crippen LogP contribution in [0.15, 0.2) is 42.6 Å². The summed E-state index contributed by atoms with van der Waals surface area (Å²) in [6.07, 6.45) is 1.10. The van der Waals surface area contributed by atoms with E-state index < -0.39 is 6.10 Å². The maximum absolute atomic E-state index is 13.1. The van der Waals surface area contributed by atoms with Gasteiger partial charge >= 0.3 is 0 Å². The molecule has 5 nitrogen and oxygen atoms in total. The molecule has 1 aromatic heterocycles. The predicted molar refractivity (Wildman–Crippen MR) is 79.8 cm³/mol. The van der Waals surface area contributed by atoms with Crippen LogP contribution in [0.2, 0.25) is 0 Å². The summed E-state index contributed by atoms with van der Waals surface area (Å²) in [6, 6.07) is 10.5. The number of nitrogens with zero attached hydrogens (tertiary/aromatic N) is 3. The minimum absolute atomic E-state index is 0.197. The van der Waals surface area contributed by atoms with Crippen molar-refractivity contribution < 1.29 is 14.3 Å². The van der Waals surface area contributed by atoms with E-state index in [0.717, 1.165) is 5.56 Å². The number of aromatic nitrogens is 1. The van der Waals surface area contributed by atoms with Crippen molar-refractivity contribution in [1.29, 1.82) is 5.26 Å². The van der Waals surface area contributed by atoms with Crippen molar-refractivity contribution in [2.75, 3.05) is 6.54 Å². The SMILES string of the molecule is N#Cc1ccc(C(=O)N2C[C@H](O)C[C@@H]2c2ccc(F)cc2)nc1. The van der Waals surface area contributed by atoms with Gasteiger partial charge in [0.25, 0.3) is 5.91 Å². The lowest BCUT2D eigenvalue weighted by Crippen LogP contribution is -2.32. The molecule has 0 unspecified atom stereocenters. The third-order valence-corrected chi connectivity index (χ3v) is 3.91. The number of likely N-dealkylation sites (tertiary alicyclic amines) is 1. The number of nitriles is 1. The van der Waals surface area contributed by atoms with Gasteiger partial charge in [0.15, 0.2) is 0 Å². The number of pyridine rings is 1. The van der Waals surface area contributed by atoms with Crippen molar-refractivity contribution >= 4 is 5.91 Å². The van der Waals surface area contributed by atoms with Crippen molar-refractivity contribution in [2.45, 2.75) is 18.6 Å². The molecule has 3 rings (SSSR count). The van der Waals surface area contributed by atoms with E-state index in [4.69, 9.17) is 5.26 Å². The Balaban J connectivity index is 1.87. The average molecular weight is 311 g/mol. The maximum Gasteiger partial charge on any atom is 0.273 e. The van der Waals surface area contributed by atoms with E-state index in [9.17, 15) is 14.3 Å². The number of β-amino-alcohol motifs (C(OH)–C–C–N with tert-alkyl or cyclic N) is 1. The molecule has 23 heavy (non-hydrogen) atoms. The summed E-state index contributed by atoms with van der Waals surface area (Å²) < 4.78 is 13.1. The molecule has 1 saturated heterocycles. The van der Waals surface area contributed by atoms with E-state index in [1.54, 1.807) is 12.1 Å². The number of halogens is 1. The van der Waals surface area contributed by atoms with Gasteiger partial charge in [-0.2, -0.15) is 5.26 Å². The van der Waals surface area contributed by atoms with Crippen LogP contribution >= 0.6 is 0 Å². The number of hydrogen-bond donors (Lipinski definition) is 1. The number of rotatable bonds is 2. The Morgan fingerprint density at radius 3 is 2.65 bits per heavy atom. The van der Waals surface area contributed by atoms with Crippen LogP contribution in [-0.2, 0) is 0 Å². The molecular weight excluding hydrogens is 297 g/mol. The molecule has 2 aromatic rings. The van der Waals surface area contributed by atoms with Gasteiger partial charge < -0.3 is 10.0 Å². The summed E-state index contributed by atoms with van der Waals surface area (Å²) in [5.41, 5.74) is 1.35. The van der Waals surface area contributed by atoms with Gasteiger partial charge in [-0.25, -0.2) is 9.37 Å². The first-order chi connectivity index (χ1) is 11.1. The number of hydrogen-bond acceptors (Lipinski definition) is 4. The van der Waals surface area contributed by atoms with Gasteiger partial charge in [0, 0.05) is 12.7 Å². The lowest BCUT2D eigenvalue weighted by Gasteiger charge is -2.24. The van der Waals surface area contributed by atoms with Gasteiger partial charge in [0.2, 0.25) is 0 Å². The minimum Gasteiger partial charge on any atom is -0.391 e. The molecule has 0 aliphatic carbocycles. The molecule has 1 aromatic carbocycles. The maximum atomic E-state index is 13.1. The van der Waals surface area contributed by atoms with Gasteiger partial charge in [-0.15, -0.1) is 0 Å². The van der Waals surface area contributed by atoms with Crippen molar-refractivity contribution in [3.63, 3.8) is 0 Å². The summed E-state index contributed by atoms with van der Waals surface area (Å²) in [7, 11) is 0. The fourth-order valence-electron chi connectivity index (χ4n) is 2.77. The molecule has 0 spiro atoms. The van der Waals surface area contributed by atoms with Gasteiger partial charge in [-0.05, 0) is 36.2 Å². The molecule has 1 fully saturated rings. The Hall–Kier alpha value is -2.78. The van der Waals surface area contributed by atoms with E-state index in [1.807, 2.05) is 6.07 Å². The quantitative estimate of drug-likeness (QED) is 0.920. The van der Waals surface area contributed by atoms with Gasteiger partial charge in [-0.1, -0.05) is 12.1 Å². The molecule has 1 amide bonds. The highest BCUT2D eigenvalue weighted by atomic mass is 19.1. The van der Waals surface area contributed by atoms with Crippen LogP contribution in [0.1, 0.15) is 34.1 Å². The Bertz CT molecular complexity index is 753. The molecule has 1 aliphatic rings. The molecule has 1 N–H and O–H groups in total. The summed E-state index contributed by atoms with van der Waals surface area (Å²) >= 11 is 0. The normalized spacial score (nSPS) is 20.3. The third-order valence-electron chi connectivity index (χ3n) is 3.91. The Morgan fingerprint density at radius 1 is 1.30 bits per heavy atom. The molecule has 0 bridgehead atoms. The monoisotopic (exact) mass is 311 g/mol. The van der Waals surface area contributed by atoms with E-state index in [2.05, 4.69) is 4.98 Å². The molecule has 6 heteroatoms. The fourth-order valence-corrected chi connectivity index (χ4v) is 2.77. The fraction of sp³-hybridized carbons (Fsp3) is 0.235. The van der Waals surface area contributed by atoms with Gasteiger partial charge in [0.1, 0.15) is 17.6 Å². The van der Waals surface area contributed by atoms with Crippen molar-refractivity contribution in [3.05, 3.63) is 65.2 Å². The zero-order chi connectivity index (χ0) is 16.4. The number of aliphatic hydroxyl groups excluding tert-OH is 1.